The Morgan fingerprint density at radius 1 is 1.36 bits per heavy atom. The molecule has 0 fully saturated rings. The van der Waals surface area contributed by atoms with Crippen molar-refractivity contribution in [2.75, 3.05) is 6.61 Å². The van der Waals surface area contributed by atoms with Gasteiger partial charge in [-0.25, -0.2) is 0 Å². The van der Waals surface area contributed by atoms with Crippen LogP contribution in [0.5, 0.6) is 11.5 Å². The molecule has 3 rings (SSSR count). The van der Waals surface area contributed by atoms with E-state index in [1.54, 1.807) is 6.08 Å². The Hall–Kier alpha value is -2.43. The molecule has 0 saturated heterocycles. The number of carbonyl (C=O) groups excluding carboxylic acids is 1. The molecule has 1 aliphatic carbocycles. The van der Waals surface area contributed by atoms with Crippen molar-refractivity contribution < 1.29 is 14.3 Å². The summed E-state index contributed by atoms with van der Waals surface area (Å²) >= 11 is 3.61. The molecule has 176 valence electrons. The van der Waals surface area contributed by atoms with Crippen molar-refractivity contribution in [2.45, 2.75) is 65.5 Å². The predicted octanol–water partition coefficient (Wildman–Crippen LogP) is 5.82. The number of hydrogen-bond acceptors (Lipinski definition) is 6. The van der Waals surface area contributed by atoms with Crippen molar-refractivity contribution in [3.63, 3.8) is 0 Å². The lowest BCUT2D eigenvalue weighted by Gasteiger charge is -2.35. The van der Waals surface area contributed by atoms with E-state index in [0.29, 0.717) is 40.5 Å². The molecule has 7 heteroatoms. The lowest BCUT2D eigenvalue weighted by Crippen LogP contribution is -2.32. The van der Waals surface area contributed by atoms with E-state index in [2.05, 4.69) is 28.9 Å². The Morgan fingerprint density at radius 2 is 2.12 bits per heavy atom. The Morgan fingerprint density at radius 3 is 2.76 bits per heavy atom. The summed E-state index contributed by atoms with van der Waals surface area (Å²) in [5.41, 5.74) is 9.12. The van der Waals surface area contributed by atoms with Crippen LogP contribution in [0.2, 0.25) is 0 Å². The molecule has 6 nitrogen and oxygen atoms in total. The molecule has 0 radical (unpaired) electrons. The van der Waals surface area contributed by atoms with E-state index in [1.165, 1.54) is 0 Å². The number of allylic oxidation sites excluding steroid dienone is 3. The number of nitrogens with zero attached hydrogens (tertiary/aromatic N) is 2. The topological polar surface area (TPSA) is 97.7 Å². The number of ketones is 1. The Balaban J connectivity index is 2.11. The zero-order valence-electron chi connectivity index (χ0n) is 19.7. The van der Waals surface area contributed by atoms with Gasteiger partial charge in [-0.05, 0) is 79.2 Å². The van der Waals surface area contributed by atoms with Gasteiger partial charge in [-0.1, -0.05) is 19.4 Å². The second-order valence-corrected chi connectivity index (χ2v) is 9.41. The minimum Gasteiger partial charge on any atom is -0.490 e. The quantitative estimate of drug-likeness (QED) is 0.348. The number of nitrogens with two attached hydrogens (primary N) is 1. The van der Waals surface area contributed by atoms with E-state index < -0.39 is 18.1 Å². The van der Waals surface area contributed by atoms with Crippen molar-refractivity contribution in [1.82, 2.24) is 0 Å². The highest BCUT2D eigenvalue weighted by atomic mass is 79.9. The van der Waals surface area contributed by atoms with E-state index in [9.17, 15) is 10.1 Å². The van der Waals surface area contributed by atoms with Crippen LogP contribution in [0, 0.1) is 23.2 Å². The van der Waals surface area contributed by atoms with Gasteiger partial charge in [0.2, 0.25) is 0 Å². The summed E-state index contributed by atoms with van der Waals surface area (Å²) in [7, 11) is 0. The summed E-state index contributed by atoms with van der Waals surface area (Å²) in [5, 5.41) is 10.0. The summed E-state index contributed by atoms with van der Waals surface area (Å²) in [6.45, 7) is 8.22. The van der Waals surface area contributed by atoms with Gasteiger partial charge in [0.25, 0.3) is 0 Å². The first-order valence-corrected chi connectivity index (χ1v) is 12.4. The minimum absolute atomic E-state index is 0.0979. The van der Waals surface area contributed by atoms with Gasteiger partial charge in [0.1, 0.15) is 0 Å². The maximum absolute atomic E-state index is 13.3. The van der Waals surface area contributed by atoms with E-state index in [-0.39, 0.29) is 5.78 Å². The second kappa shape index (κ2) is 11.1. The van der Waals surface area contributed by atoms with Gasteiger partial charge >= 0.3 is 0 Å². The summed E-state index contributed by atoms with van der Waals surface area (Å²) in [4.78, 5) is 18.1. The van der Waals surface area contributed by atoms with Crippen LogP contribution in [-0.2, 0) is 4.79 Å². The first-order valence-electron chi connectivity index (χ1n) is 11.6. The van der Waals surface area contributed by atoms with Gasteiger partial charge in [-0.15, -0.1) is 0 Å². The van der Waals surface area contributed by atoms with Crippen LogP contribution >= 0.6 is 15.9 Å². The maximum atomic E-state index is 13.3. The lowest BCUT2D eigenvalue weighted by molar-refractivity contribution is -0.117. The standard InChI is InChI=1S/C26H32BrN3O3/c1-5-8-16-10-20-25(21(31)11-16)24(18(14-28)15(4)30-20)17-12-19(27)26(22(13-17)32-7-3)33-23(29)9-6-2/h6,9,12-13,16,18,23-24H,5,7-8,10-11,29H2,1-4H3. The molecule has 0 aromatic heterocycles. The van der Waals surface area contributed by atoms with E-state index in [4.69, 9.17) is 20.2 Å². The highest BCUT2D eigenvalue weighted by Crippen LogP contribution is 2.48. The van der Waals surface area contributed by atoms with Crippen LogP contribution in [-0.4, -0.2) is 24.3 Å². The molecule has 1 aromatic rings. The van der Waals surface area contributed by atoms with Crippen molar-refractivity contribution in [1.29, 1.82) is 5.26 Å². The highest BCUT2D eigenvalue weighted by Gasteiger charge is 2.41. The highest BCUT2D eigenvalue weighted by molar-refractivity contribution is 9.10. The molecule has 0 saturated carbocycles. The molecule has 0 bridgehead atoms. The maximum Gasteiger partial charge on any atom is 0.178 e. The third kappa shape index (κ3) is 5.39. The number of halogens is 1. The van der Waals surface area contributed by atoms with Crippen molar-refractivity contribution in [3.8, 4) is 17.6 Å². The van der Waals surface area contributed by atoms with Gasteiger partial charge < -0.3 is 9.47 Å². The van der Waals surface area contributed by atoms with Crippen LogP contribution in [0.25, 0.3) is 0 Å². The number of hydrogen-bond donors (Lipinski definition) is 1. The third-order valence-electron chi connectivity index (χ3n) is 6.14. The average molecular weight is 514 g/mol. The number of Topliss-reactive ketones (excluding diaryl/α,β-unsaturated/α-hetero) is 1. The van der Waals surface area contributed by atoms with Crippen LogP contribution in [0.15, 0.2) is 45.0 Å². The Kier molecular flexibility index (Phi) is 8.50. The second-order valence-electron chi connectivity index (χ2n) is 8.56. The fourth-order valence-corrected chi connectivity index (χ4v) is 5.34. The molecule has 2 N–H and O–H groups in total. The SMILES string of the molecule is CC=CC(N)Oc1c(Br)cc(C2C3=C(CC(CCC)CC3=O)N=C(C)C2C#N)cc1OCC. The molecular formula is C26H32BrN3O3. The molecule has 4 unspecified atom stereocenters. The molecule has 0 amide bonds. The van der Waals surface area contributed by atoms with Crippen LogP contribution < -0.4 is 15.2 Å². The van der Waals surface area contributed by atoms with Crippen LogP contribution in [0.4, 0.5) is 0 Å². The van der Waals surface area contributed by atoms with Crippen LogP contribution in [0.3, 0.4) is 0 Å². The fraction of sp³-hybridized carbons (Fsp3) is 0.500. The molecule has 1 heterocycles. The predicted molar refractivity (Wildman–Crippen MR) is 133 cm³/mol. The first kappa shape index (κ1) is 25.2. The molecule has 33 heavy (non-hydrogen) atoms. The van der Waals surface area contributed by atoms with E-state index in [0.717, 1.165) is 36.2 Å². The van der Waals surface area contributed by atoms with Crippen molar-refractivity contribution >= 4 is 27.4 Å². The van der Waals surface area contributed by atoms with Crippen molar-refractivity contribution in [3.05, 3.63) is 45.6 Å². The van der Waals surface area contributed by atoms with Crippen LogP contribution in [0.1, 0.15) is 64.9 Å². The lowest BCUT2D eigenvalue weighted by atomic mass is 9.70. The molecule has 0 spiro atoms. The number of rotatable bonds is 8. The third-order valence-corrected chi connectivity index (χ3v) is 6.73. The van der Waals surface area contributed by atoms with Crippen molar-refractivity contribution in [2.24, 2.45) is 22.6 Å². The number of nitriles is 1. The minimum atomic E-state index is -0.628. The normalized spacial score (nSPS) is 23.7. The number of carbonyl (C=O) groups is 1. The number of benzene rings is 1. The fourth-order valence-electron chi connectivity index (χ4n) is 4.79. The van der Waals surface area contributed by atoms with E-state index >= 15 is 0 Å². The molecule has 4 atom stereocenters. The van der Waals surface area contributed by atoms with Gasteiger partial charge in [0.15, 0.2) is 23.5 Å². The van der Waals surface area contributed by atoms with Gasteiger partial charge in [-0.3, -0.25) is 15.5 Å². The smallest absolute Gasteiger partial charge is 0.178 e. The zero-order valence-corrected chi connectivity index (χ0v) is 21.3. The van der Waals surface area contributed by atoms with E-state index in [1.807, 2.05) is 39.0 Å². The molecular weight excluding hydrogens is 482 g/mol. The summed E-state index contributed by atoms with van der Waals surface area (Å²) in [6.07, 6.45) is 6.26. The number of ether oxygens (including phenoxy) is 2. The first-order chi connectivity index (χ1) is 15.8. The Labute approximate surface area is 204 Å². The Bertz CT molecular complexity index is 1040. The summed E-state index contributed by atoms with van der Waals surface area (Å²) < 4.78 is 12.5. The molecule has 2 aliphatic rings. The summed E-state index contributed by atoms with van der Waals surface area (Å²) in [5.74, 6) is 0.508. The number of aliphatic imine (C=N–C) groups is 1. The summed E-state index contributed by atoms with van der Waals surface area (Å²) in [6, 6.07) is 6.17. The van der Waals surface area contributed by atoms with Gasteiger partial charge in [0, 0.05) is 29.3 Å². The molecule has 1 aromatic carbocycles. The average Bonchev–Trinajstić information content (AvgIpc) is 2.75. The zero-order chi connectivity index (χ0) is 24.1. The monoisotopic (exact) mass is 513 g/mol. The van der Waals surface area contributed by atoms with Gasteiger partial charge in [0.05, 0.1) is 23.1 Å². The largest absolute Gasteiger partial charge is 0.490 e. The molecule has 1 aliphatic heterocycles. The van der Waals surface area contributed by atoms with Gasteiger partial charge in [-0.2, -0.15) is 5.26 Å².